The van der Waals surface area contributed by atoms with Crippen LogP contribution in [0.15, 0.2) is 12.1 Å². The van der Waals surface area contributed by atoms with E-state index in [9.17, 15) is 19.8 Å². The van der Waals surface area contributed by atoms with Crippen LogP contribution in [-0.4, -0.2) is 38.9 Å². The number of hydrogen-bond acceptors (Lipinski definition) is 5. The Morgan fingerprint density at radius 3 is 2.39 bits per heavy atom. The molecule has 98 valence electrons. The van der Waals surface area contributed by atoms with E-state index >= 15 is 0 Å². The number of benzene rings is 1. The zero-order chi connectivity index (χ0) is 13.7. The van der Waals surface area contributed by atoms with Gasteiger partial charge in [0.25, 0.3) is 0 Å². The van der Waals surface area contributed by atoms with Crippen molar-refractivity contribution in [2.45, 2.75) is 6.42 Å². The van der Waals surface area contributed by atoms with Gasteiger partial charge >= 0.3 is 5.91 Å². The van der Waals surface area contributed by atoms with E-state index in [0.29, 0.717) is 0 Å². The van der Waals surface area contributed by atoms with Crippen molar-refractivity contribution in [3.63, 3.8) is 0 Å². The Balaban J connectivity index is 2.65. The first-order valence-electron chi connectivity index (χ1n) is 4.90. The summed E-state index contributed by atoms with van der Waals surface area (Å²) in [5.41, 5.74) is 1.69. The first-order valence-corrected chi connectivity index (χ1v) is 4.90. The molecule has 0 aliphatic heterocycles. The van der Waals surface area contributed by atoms with Gasteiger partial charge in [-0.25, -0.2) is 0 Å². The molecule has 0 saturated carbocycles. The molecule has 0 aliphatic rings. The molecule has 0 saturated heterocycles. The van der Waals surface area contributed by atoms with Gasteiger partial charge in [0.1, 0.15) is 6.54 Å². The molecule has 7 N–H and O–H groups in total. The van der Waals surface area contributed by atoms with E-state index in [1.165, 1.54) is 6.07 Å². The van der Waals surface area contributed by atoms with Crippen LogP contribution in [0.5, 0.6) is 17.2 Å². The van der Waals surface area contributed by atoms with Crippen molar-refractivity contribution in [1.82, 2.24) is 10.8 Å². The van der Waals surface area contributed by atoms with Crippen LogP contribution in [-0.2, 0) is 16.0 Å². The number of hydrogen-bond donors (Lipinski definition) is 5. The SMILES string of the molecule is O=C(CNC(=O)Cc1ccc(O)c(O)c1O)N[OH2+]. The van der Waals surface area contributed by atoms with Crippen molar-refractivity contribution in [1.29, 1.82) is 0 Å². The second-order valence-electron chi connectivity index (χ2n) is 3.44. The molecule has 0 atom stereocenters. The minimum absolute atomic E-state index is 0.106. The molecule has 0 spiro atoms. The van der Waals surface area contributed by atoms with E-state index in [-0.39, 0.29) is 18.5 Å². The lowest BCUT2D eigenvalue weighted by Gasteiger charge is -2.07. The van der Waals surface area contributed by atoms with E-state index in [1.54, 1.807) is 5.48 Å². The average molecular weight is 257 g/mol. The smallest absolute Gasteiger partial charge is 0.302 e. The molecule has 0 unspecified atom stereocenters. The minimum atomic E-state index is -0.704. The molecular formula is C10H13N2O6+. The molecule has 2 amide bonds. The Labute approximate surface area is 101 Å². The maximum absolute atomic E-state index is 11.4. The molecule has 0 fully saturated rings. The Hall–Kier alpha value is -2.48. The molecule has 0 heterocycles. The maximum Gasteiger partial charge on any atom is 0.302 e. The number of carbonyl (C=O) groups excluding carboxylic acids is 2. The number of hydroxylamine groups is 1. The number of nitrogens with one attached hydrogen (secondary N) is 2. The van der Waals surface area contributed by atoms with Gasteiger partial charge in [-0.1, -0.05) is 6.07 Å². The summed E-state index contributed by atoms with van der Waals surface area (Å²) >= 11 is 0. The number of phenolic OH excluding ortho intramolecular Hbond substituents is 3. The largest absolute Gasteiger partial charge is 0.504 e. The van der Waals surface area contributed by atoms with Crippen LogP contribution < -0.4 is 10.8 Å². The summed E-state index contributed by atoms with van der Waals surface area (Å²) < 4.78 is 0. The summed E-state index contributed by atoms with van der Waals surface area (Å²) in [6, 6.07) is 2.41. The fourth-order valence-corrected chi connectivity index (χ4v) is 1.21. The van der Waals surface area contributed by atoms with Crippen LogP contribution in [0.1, 0.15) is 5.56 Å². The Morgan fingerprint density at radius 1 is 1.11 bits per heavy atom. The number of aromatic hydroxyl groups is 3. The lowest BCUT2D eigenvalue weighted by Crippen LogP contribution is -2.36. The van der Waals surface area contributed by atoms with E-state index < -0.39 is 29.1 Å². The van der Waals surface area contributed by atoms with Gasteiger partial charge in [-0.05, 0) is 6.07 Å². The standard InChI is InChI=1S/C10H12N2O6/c13-6-2-1-5(9(16)10(6)17)3-7(14)11-4-8(15)12-18/h1-2,13,16-18H,3-4H2,(H,11,14)(H,12,15)/p+1. The summed E-state index contributed by atoms with van der Waals surface area (Å²) in [4.78, 5) is 22.1. The third-order valence-corrected chi connectivity index (χ3v) is 2.15. The lowest BCUT2D eigenvalue weighted by molar-refractivity contribution is -0.131. The quantitative estimate of drug-likeness (QED) is 0.246. The molecule has 1 rings (SSSR count). The Kier molecular flexibility index (Phi) is 4.33. The highest BCUT2D eigenvalue weighted by molar-refractivity contribution is 5.85. The number of carbonyl (C=O) groups is 2. The molecule has 1 aromatic carbocycles. The van der Waals surface area contributed by atoms with Gasteiger partial charge in [0.15, 0.2) is 11.5 Å². The Bertz CT molecular complexity index is 474. The first kappa shape index (κ1) is 13.6. The van der Waals surface area contributed by atoms with Crippen LogP contribution in [0.25, 0.3) is 0 Å². The van der Waals surface area contributed by atoms with Crippen LogP contribution in [0.4, 0.5) is 0 Å². The lowest BCUT2D eigenvalue weighted by atomic mass is 10.1. The Morgan fingerprint density at radius 2 is 1.78 bits per heavy atom. The van der Waals surface area contributed by atoms with Crippen molar-refractivity contribution in [3.8, 4) is 17.2 Å². The van der Waals surface area contributed by atoms with Gasteiger partial charge in [0, 0.05) is 5.56 Å². The van der Waals surface area contributed by atoms with Crippen molar-refractivity contribution >= 4 is 11.8 Å². The average Bonchev–Trinajstić information content (AvgIpc) is 2.36. The molecule has 0 aromatic heterocycles. The van der Waals surface area contributed by atoms with Crippen LogP contribution in [0.3, 0.4) is 0 Å². The van der Waals surface area contributed by atoms with Gasteiger partial charge in [-0.3, -0.25) is 9.59 Å². The second-order valence-corrected chi connectivity index (χ2v) is 3.44. The van der Waals surface area contributed by atoms with Crippen molar-refractivity contribution in [3.05, 3.63) is 17.7 Å². The van der Waals surface area contributed by atoms with E-state index in [4.69, 9.17) is 10.3 Å². The molecule has 1 aromatic rings. The highest BCUT2D eigenvalue weighted by Crippen LogP contribution is 2.37. The molecule has 0 bridgehead atoms. The topological polar surface area (TPSA) is 142 Å². The number of phenols is 3. The summed E-state index contributed by atoms with van der Waals surface area (Å²) in [6.07, 6.45) is -0.273. The van der Waals surface area contributed by atoms with Crippen molar-refractivity contribution in [2.24, 2.45) is 0 Å². The van der Waals surface area contributed by atoms with Crippen molar-refractivity contribution < 1.29 is 30.1 Å². The number of amides is 2. The second kappa shape index (κ2) is 5.73. The van der Waals surface area contributed by atoms with Crippen LogP contribution in [0, 0.1) is 0 Å². The highest BCUT2D eigenvalue weighted by atomic mass is 16.5. The zero-order valence-electron chi connectivity index (χ0n) is 9.23. The first-order chi connectivity index (χ1) is 8.45. The molecule has 0 radical (unpaired) electrons. The van der Waals surface area contributed by atoms with Gasteiger partial charge < -0.3 is 25.8 Å². The fourth-order valence-electron chi connectivity index (χ4n) is 1.21. The monoisotopic (exact) mass is 257 g/mol. The summed E-state index contributed by atoms with van der Waals surface area (Å²) in [6.45, 7) is -0.354. The molecule has 8 heteroatoms. The van der Waals surface area contributed by atoms with Gasteiger partial charge in [-0.15, -0.1) is 5.48 Å². The fraction of sp³-hybridized carbons (Fsp3) is 0.200. The van der Waals surface area contributed by atoms with E-state index in [1.807, 2.05) is 0 Å². The normalized spacial score (nSPS) is 9.83. The van der Waals surface area contributed by atoms with Gasteiger partial charge in [0.2, 0.25) is 11.7 Å². The molecule has 18 heavy (non-hydrogen) atoms. The maximum atomic E-state index is 11.4. The summed E-state index contributed by atoms with van der Waals surface area (Å²) in [5.74, 6) is -3.04. The zero-order valence-corrected chi connectivity index (χ0v) is 9.23. The van der Waals surface area contributed by atoms with Gasteiger partial charge in [0.05, 0.1) is 6.42 Å². The summed E-state index contributed by atoms with van der Waals surface area (Å²) in [7, 11) is 0. The van der Waals surface area contributed by atoms with Crippen molar-refractivity contribution in [2.75, 3.05) is 6.54 Å². The number of rotatable bonds is 4. The third kappa shape index (κ3) is 3.25. The molecule has 8 nitrogen and oxygen atoms in total. The summed E-state index contributed by atoms with van der Waals surface area (Å²) in [5, 5.41) is 36.5. The van der Waals surface area contributed by atoms with Crippen LogP contribution in [0.2, 0.25) is 0 Å². The van der Waals surface area contributed by atoms with E-state index in [2.05, 4.69) is 5.32 Å². The minimum Gasteiger partial charge on any atom is -0.504 e. The highest BCUT2D eigenvalue weighted by Gasteiger charge is 2.14. The molecular weight excluding hydrogens is 244 g/mol. The van der Waals surface area contributed by atoms with Gasteiger partial charge in [-0.2, -0.15) is 0 Å². The predicted molar refractivity (Wildman–Crippen MR) is 59.9 cm³/mol. The molecule has 0 aliphatic carbocycles. The predicted octanol–water partition coefficient (Wildman–Crippen LogP) is -1.78. The van der Waals surface area contributed by atoms with E-state index in [0.717, 1.165) is 6.07 Å². The third-order valence-electron chi connectivity index (χ3n) is 2.15. The van der Waals surface area contributed by atoms with Crippen LogP contribution >= 0.6 is 0 Å².